The number of ketones is 1. The average Bonchev–Trinajstić information content (AvgIpc) is 3.02. The zero-order chi connectivity index (χ0) is 30.7. The Bertz CT molecular complexity index is 1980. The normalized spacial score (nSPS) is 10.1. The Morgan fingerprint density at radius 2 is 1.31 bits per heavy atom. The van der Waals surface area contributed by atoms with E-state index in [1.165, 1.54) is 12.1 Å². The topological polar surface area (TPSA) is 131 Å². The monoisotopic (exact) mass is 932 g/mol. The third kappa shape index (κ3) is 8.27. The SMILES string of the molecule is O=C([O-])c1ccccc1-c1c2cc(Br)c(=O)cc-2oc2[c]([Hg][OH])c([O-])c(Br)cc12.O=C(c1ccccc1)c1ccccc1.[Na+].[Na+]. The molecule has 6 rings (SSSR count). The number of halogens is 2. The first-order chi connectivity index (χ1) is 20.7. The summed E-state index contributed by atoms with van der Waals surface area (Å²) in [5, 5.41) is 24.7. The first-order valence-electron chi connectivity index (χ1n) is 12.9. The van der Waals surface area contributed by atoms with E-state index in [1.54, 1.807) is 30.3 Å². The third-order valence-electron chi connectivity index (χ3n) is 6.71. The van der Waals surface area contributed by atoms with E-state index in [9.17, 15) is 27.6 Å². The summed E-state index contributed by atoms with van der Waals surface area (Å²) in [7, 11) is 0. The molecular formula is C33H18Br2HgNa2O7. The molecule has 12 heteroatoms. The maximum atomic E-state index is 12.5. The van der Waals surface area contributed by atoms with Gasteiger partial charge >= 0.3 is 254 Å². The Hall–Kier alpha value is -1.63. The van der Waals surface area contributed by atoms with Gasteiger partial charge in [-0.3, -0.25) is 4.79 Å². The number of rotatable bonds is 5. The summed E-state index contributed by atoms with van der Waals surface area (Å²) in [6.45, 7) is 0. The molecule has 0 amide bonds. The standard InChI is InChI=1S/C20H9Br2O5.C13H10O.Hg.2Na.H2O/c21-13-5-11-17(7-15(13)23)27-18-8-16(24)14(22)6-12(18)19(11)9-3-1-2-4-10(9)20(25)26;14-13(11-7-3-1-4-8-11)12-9-5-2-6-10-12;;;;/h1-7,24H,(H,25,26);1-10H;;;;1H2/q;;3*+1;/p-3. The Kier molecular flexibility index (Phi) is 14.3. The van der Waals surface area contributed by atoms with Crippen LogP contribution >= 0.6 is 31.9 Å². The summed E-state index contributed by atoms with van der Waals surface area (Å²) in [6, 6.07) is 29.3. The number of hydrogen-bond donors (Lipinski definition) is 1. The fourth-order valence-corrected chi connectivity index (χ4v) is 9.39. The number of aromatic carboxylic acids is 1. The Morgan fingerprint density at radius 1 is 0.756 bits per heavy atom. The summed E-state index contributed by atoms with van der Waals surface area (Å²) in [4.78, 5) is 35.7. The van der Waals surface area contributed by atoms with Crippen molar-refractivity contribution < 1.29 is 111 Å². The van der Waals surface area contributed by atoms with Gasteiger partial charge in [0, 0.05) is 11.1 Å². The number of hydrogen-bond acceptors (Lipinski definition) is 7. The molecular weight excluding hydrogens is 915 g/mol. The van der Waals surface area contributed by atoms with Crippen LogP contribution in [-0.4, -0.2) is 14.8 Å². The van der Waals surface area contributed by atoms with Crippen LogP contribution in [0.2, 0.25) is 0 Å². The van der Waals surface area contributed by atoms with E-state index >= 15 is 0 Å². The molecule has 4 aromatic rings. The maximum absolute atomic E-state index is 12.5. The van der Waals surface area contributed by atoms with Gasteiger partial charge in [0.15, 0.2) is 5.78 Å². The smallest absolute Gasteiger partial charge is 0.289 e. The molecule has 2 aliphatic rings. The first kappa shape index (κ1) is 37.8. The quantitative estimate of drug-likeness (QED) is 0.135. The summed E-state index contributed by atoms with van der Waals surface area (Å²) in [6.07, 6.45) is 0. The predicted molar refractivity (Wildman–Crippen MR) is 162 cm³/mol. The summed E-state index contributed by atoms with van der Waals surface area (Å²) in [5.74, 6) is -1.45. The van der Waals surface area contributed by atoms with Gasteiger partial charge in [-0.1, -0.05) is 60.7 Å². The molecule has 0 atom stereocenters. The van der Waals surface area contributed by atoms with Crippen LogP contribution in [-0.2, 0) is 25.0 Å². The van der Waals surface area contributed by atoms with Gasteiger partial charge in [-0.15, -0.1) is 0 Å². The second kappa shape index (κ2) is 17.0. The van der Waals surface area contributed by atoms with E-state index in [0.29, 0.717) is 22.1 Å². The second-order valence-electron chi connectivity index (χ2n) is 9.35. The van der Waals surface area contributed by atoms with Crippen molar-refractivity contribution in [1.29, 1.82) is 0 Å². The fraction of sp³-hybridized carbons (Fsp3) is 0. The van der Waals surface area contributed by atoms with Crippen molar-refractivity contribution in [1.82, 2.24) is 0 Å². The Balaban J connectivity index is 0.000000292. The van der Waals surface area contributed by atoms with Crippen molar-refractivity contribution in [2.45, 2.75) is 0 Å². The fourth-order valence-electron chi connectivity index (χ4n) is 4.70. The predicted octanol–water partition coefficient (Wildman–Crippen LogP) is -0.932. The van der Waals surface area contributed by atoms with Crippen molar-refractivity contribution >= 4 is 57.7 Å². The average molecular weight is 933 g/mol. The van der Waals surface area contributed by atoms with Crippen LogP contribution < -0.4 is 77.8 Å². The molecule has 1 aliphatic carbocycles. The van der Waals surface area contributed by atoms with Crippen molar-refractivity contribution in [2.24, 2.45) is 0 Å². The number of carbonyl (C=O) groups excluding carboxylic acids is 2. The number of carboxylic acids is 1. The van der Waals surface area contributed by atoms with Crippen LogP contribution in [0.3, 0.4) is 0 Å². The van der Waals surface area contributed by atoms with Gasteiger partial charge in [-0.25, -0.2) is 0 Å². The molecule has 0 saturated carbocycles. The molecule has 0 unspecified atom stereocenters. The first-order valence-corrected chi connectivity index (χ1v) is 19.7. The van der Waals surface area contributed by atoms with E-state index in [0.717, 1.165) is 11.1 Å². The van der Waals surface area contributed by atoms with Crippen LogP contribution in [0, 0.1) is 0 Å². The molecule has 210 valence electrons. The number of fused-ring (bicyclic) bond motifs is 2. The van der Waals surface area contributed by atoms with Crippen molar-refractivity contribution in [2.75, 3.05) is 0 Å². The van der Waals surface area contributed by atoms with E-state index in [-0.39, 0.29) is 105 Å². The molecule has 0 saturated heterocycles. The molecule has 0 radical (unpaired) electrons. The molecule has 4 aromatic carbocycles. The molecule has 1 N–H and O–H groups in total. The number of carbonyl (C=O) groups is 2. The summed E-state index contributed by atoms with van der Waals surface area (Å²) < 4.78 is 16.6. The van der Waals surface area contributed by atoms with Gasteiger partial charge in [0.2, 0.25) is 0 Å². The van der Waals surface area contributed by atoms with Crippen LogP contribution in [0.1, 0.15) is 26.3 Å². The van der Waals surface area contributed by atoms with Crippen molar-refractivity contribution in [3.05, 3.63) is 139 Å². The summed E-state index contributed by atoms with van der Waals surface area (Å²) >= 11 is 3.71. The van der Waals surface area contributed by atoms with Gasteiger partial charge in [0.25, 0.3) is 0 Å². The largest absolute Gasteiger partial charge is 1.00 e. The molecule has 0 fully saturated rings. The van der Waals surface area contributed by atoms with Gasteiger partial charge in [-0.2, -0.15) is 0 Å². The minimum atomic E-state index is -2.75. The number of benzene rings is 5. The zero-order valence-electron chi connectivity index (χ0n) is 24.2. The van der Waals surface area contributed by atoms with Crippen LogP contribution in [0.4, 0.5) is 0 Å². The van der Waals surface area contributed by atoms with Gasteiger partial charge in [0.1, 0.15) is 0 Å². The van der Waals surface area contributed by atoms with Crippen molar-refractivity contribution in [3.8, 4) is 28.2 Å². The van der Waals surface area contributed by atoms with Gasteiger partial charge in [0.05, 0.1) is 0 Å². The molecule has 45 heavy (non-hydrogen) atoms. The minimum Gasteiger partial charge on any atom is -0.289 e. The van der Waals surface area contributed by atoms with Gasteiger partial charge in [-0.05, 0) is 0 Å². The molecule has 7 nitrogen and oxygen atoms in total. The molecule has 1 aliphatic heterocycles. The van der Waals surface area contributed by atoms with E-state index in [1.807, 2.05) is 60.7 Å². The van der Waals surface area contributed by atoms with Crippen molar-refractivity contribution in [3.63, 3.8) is 0 Å². The van der Waals surface area contributed by atoms with E-state index in [2.05, 4.69) is 31.9 Å². The maximum Gasteiger partial charge on any atom is 1.00 e. The van der Waals surface area contributed by atoms with E-state index < -0.39 is 31.0 Å². The Labute approximate surface area is 332 Å². The number of carboxylic acid groups (broad SMARTS) is 1. The second-order valence-corrected chi connectivity index (χ2v) is 15.0. The molecule has 0 bridgehead atoms. The van der Waals surface area contributed by atoms with Crippen LogP contribution in [0.5, 0.6) is 5.75 Å². The summed E-state index contributed by atoms with van der Waals surface area (Å²) in [5.41, 5.74) is 2.61. The molecule has 1 heterocycles. The minimum absolute atomic E-state index is 0. The third-order valence-corrected chi connectivity index (χ3v) is 11.6. The Morgan fingerprint density at radius 3 is 1.87 bits per heavy atom. The van der Waals surface area contributed by atoms with Crippen LogP contribution in [0.15, 0.2) is 121 Å². The molecule has 0 aromatic heterocycles. The molecule has 0 spiro atoms. The van der Waals surface area contributed by atoms with E-state index in [4.69, 9.17) is 4.42 Å². The van der Waals surface area contributed by atoms with Gasteiger partial charge < -0.3 is 0 Å². The zero-order valence-corrected chi connectivity index (χ0v) is 36.8. The van der Waals surface area contributed by atoms with Crippen LogP contribution in [0.25, 0.3) is 33.4 Å².